The van der Waals surface area contributed by atoms with E-state index in [-0.39, 0.29) is 16.7 Å². The zero-order valence-electron chi connectivity index (χ0n) is 13.5. The maximum Gasteiger partial charge on any atom is 0.232 e. The number of fused-ring (bicyclic) bond motifs is 1. The summed E-state index contributed by atoms with van der Waals surface area (Å²) in [5.74, 6) is 0.360. The molecule has 25 heavy (non-hydrogen) atoms. The Morgan fingerprint density at radius 1 is 1.24 bits per heavy atom. The molecule has 0 spiro atoms. The number of anilines is 1. The fourth-order valence-electron chi connectivity index (χ4n) is 2.61. The predicted octanol–water partition coefficient (Wildman–Crippen LogP) is 3.20. The van der Waals surface area contributed by atoms with Crippen molar-refractivity contribution < 1.29 is 13.2 Å². The van der Waals surface area contributed by atoms with Crippen molar-refractivity contribution in [2.45, 2.75) is 27.9 Å². The van der Waals surface area contributed by atoms with Crippen molar-refractivity contribution in [1.82, 2.24) is 0 Å². The minimum absolute atomic E-state index is 0.0707. The summed E-state index contributed by atoms with van der Waals surface area (Å²) in [6, 6.07) is 15.5. The lowest BCUT2D eigenvalue weighted by molar-refractivity contribution is -0.117. The third-order valence-corrected chi connectivity index (χ3v) is 7.26. The fraction of sp³-hybridized carbons (Fsp3) is 0.222. The summed E-state index contributed by atoms with van der Waals surface area (Å²) in [6.07, 6.45) is 0. The Hall–Kier alpha value is -2.30. The van der Waals surface area contributed by atoms with Crippen molar-refractivity contribution in [1.29, 1.82) is 5.26 Å². The van der Waals surface area contributed by atoms with Gasteiger partial charge in [-0.2, -0.15) is 5.26 Å². The first-order chi connectivity index (χ1) is 11.9. The van der Waals surface area contributed by atoms with Crippen LogP contribution in [0.25, 0.3) is 0 Å². The zero-order valence-corrected chi connectivity index (χ0v) is 15.1. The molecular formula is C18H16N2O3S2. The molecule has 0 radical (unpaired) electrons. The van der Waals surface area contributed by atoms with E-state index in [9.17, 15) is 13.2 Å². The molecule has 2 aromatic rings. The van der Waals surface area contributed by atoms with Crippen molar-refractivity contribution >= 4 is 33.2 Å². The molecule has 0 fully saturated rings. The number of benzene rings is 2. The fourth-order valence-corrected chi connectivity index (χ4v) is 4.90. The number of carbonyl (C=O) groups excluding carboxylic acids is 1. The minimum atomic E-state index is -3.67. The van der Waals surface area contributed by atoms with E-state index in [0.29, 0.717) is 11.4 Å². The Morgan fingerprint density at radius 3 is 2.60 bits per heavy atom. The highest BCUT2D eigenvalue weighted by Gasteiger charge is 2.29. The summed E-state index contributed by atoms with van der Waals surface area (Å²) >= 11 is 1.66. The maximum absolute atomic E-state index is 12.5. The van der Waals surface area contributed by atoms with Crippen LogP contribution in [0.4, 0.5) is 5.69 Å². The van der Waals surface area contributed by atoms with Crippen molar-refractivity contribution in [3.63, 3.8) is 0 Å². The van der Waals surface area contributed by atoms with Crippen LogP contribution in [0.1, 0.15) is 18.4 Å². The molecule has 0 bridgehead atoms. The molecule has 0 saturated heterocycles. The predicted molar refractivity (Wildman–Crippen MR) is 97.2 cm³/mol. The smallest absolute Gasteiger partial charge is 0.232 e. The second kappa shape index (κ2) is 6.90. The summed E-state index contributed by atoms with van der Waals surface area (Å²) in [7, 11) is -3.67. The molecule has 1 heterocycles. The lowest BCUT2D eigenvalue weighted by Crippen LogP contribution is -2.21. The second-order valence-electron chi connectivity index (χ2n) is 5.73. The van der Waals surface area contributed by atoms with E-state index < -0.39 is 15.1 Å². The normalized spacial score (nSPS) is 17.4. The topological polar surface area (TPSA) is 87.0 Å². The van der Waals surface area contributed by atoms with E-state index in [1.807, 2.05) is 24.3 Å². The summed E-state index contributed by atoms with van der Waals surface area (Å²) in [5.41, 5.74) is 1.55. The Kier molecular flexibility index (Phi) is 4.84. The first-order valence-corrected chi connectivity index (χ1v) is 10.2. The van der Waals surface area contributed by atoms with Crippen LogP contribution in [0.3, 0.4) is 0 Å². The summed E-state index contributed by atoms with van der Waals surface area (Å²) < 4.78 is 24.3. The number of thioether (sulfide) groups is 1. The molecule has 2 atom stereocenters. The molecule has 1 aliphatic rings. The van der Waals surface area contributed by atoms with Gasteiger partial charge in [-0.3, -0.25) is 4.79 Å². The highest BCUT2D eigenvalue weighted by molar-refractivity contribution is 7.99. The van der Waals surface area contributed by atoms with E-state index >= 15 is 0 Å². The van der Waals surface area contributed by atoms with Crippen LogP contribution < -0.4 is 5.32 Å². The van der Waals surface area contributed by atoms with Gasteiger partial charge in [-0.25, -0.2) is 8.42 Å². The largest absolute Gasteiger partial charge is 0.326 e. The van der Waals surface area contributed by atoms with Crippen molar-refractivity contribution in [3.05, 3.63) is 54.1 Å². The highest BCUT2D eigenvalue weighted by atomic mass is 32.2. The Morgan fingerprint density at radius 2 is 1.92 bits per heavy atom. The molecule has 7 heteroatoms. The average Bonchev–Trinajstić information content (AvgIpc) is 3.05. The van der Waals surface area contributed by atoms with Crippen LogP contribution in [0.5, 0.6) is 0 Å². The van der Waals surface area contributed by atoms with Gasteiger partial charge < -0.3 is 5.32 Å². The van der Waals surface area contributed by atoms with E-state index in [0.717, 1.165) is 10.5 Å². The van der Waals surface area contributed by atoms with E-state index in [1.54, 1.807) is 30.0 Å². The van der Waals surface area contributed by atoms with Gasteiger partial charge in [0.2, 0.25) is 5.91 Å². The number of amides is 1. The lowest BCUT2D eigenvalue weighted by atomic mass is 10.0. The van der Waals surface area contributed by atoms with Gasteiger partial charge in [0.1, 0.15) is 5.25 Å². The van der Waals surface area contributed by atoms with Crippen LogP contribution in [0.15, 0.2) is 58.3 Å². The number of nitriles is 1. The number of nitrogens with zero attached hydrogens (tertiary/aromatic N) is 1. The first-order valence-electron chi connectivity index (χ1n) is 7.69. The van der Waals surface area contributed by atoms with Crippen LogP contribution in [0.2, 0.25) is 0 Å². The molecule has 0 unspecified atom stereocenters. The van der Waals surface area contributed by atoms with Crippen molar-refractivity contribution in [2.75, 3.05) is 11.1 Å². The molecule has 2 aromatic carbocycles. The number of sulfone groups is 1. The van der Waals surface area contributed by atoms with Crippen LogP contribution in [0, 0.1) is 11.3 Å². The Balaban J connectivity index is 1.75. The van der Waals surface area contributed by atoms with E-state index in [2.05, 4.69) is 5.32 Å². The Labute approximate surface area is 151 Å². The monoisotopic (exact) mass is 372 g/mol. The van der Waals surface area contributed by atoms with Crippen molar-refractivity contribution in [3.8, 4) is 6.07 Å². The zero-order chi connectivity index (χ0) is 18.0. The molecule has 0 aliphatic carbocycles. The van der Waals surface area contributed by atoms with Gasteiger partial charge >= 0.3 is 0 Å². The van der Waals surface area contributed by atoms with Gasteiger partial charge in [0, 0.05) is 16.3 Å². The van der Waals surface area contributed by atoms with E-state index in [4.69, 9.17) is 5.26 Å². The van der Waals surface area contributed by atoms with Gasteiger partial charge in [0.05, 0.1) is 16.9 Å². The average molecular weight is 372 g/mol. The number of hydrogen-bond acceptors (Lipinski definition) is 5. The first kappa shape index (κ1) is 17.5. The Bertz CT molecular complexity index is 947. The molecular weight excluding hydrogens is 356 g/mol. The highest BCUT2D eigenvalue weighted by Crippen LogP contribution is 2.39. The van der Waals surface area contributed by atoms with Gasteiger partial charge in [0.25, 0.3) is 0 Å². The van der Waals surface area contributed by atoms with Crippen LogP contribution in [-0.2, 0) is 14.6 Å². The van der Waals surface area contributed by atoms with Gasteiger partial charge in [-0.1, -0.05) is 18.2 Å². The van der Waals surface area contributed by atoms with Crippen LogP contribution >= 0.6 is 11.8 Å². The molecule has 0 saturated carbocycles. The SMILES string of the molecule is C[C@@H](C#N)S(=O)(=O)c1ccc(NC(=O)[C@@H]2CSc3ccccc32)cc1. The summed E-state index contributed by atoms with van der Waals surface area (Å²) in [5, 5.41) is 10.5. The molecule has 1 N–H and O–H groups in total. The van der Waals surface area contributed by atoms with E-state index in [1.165, 1.54) is 19.1 Å². The maximum atomic E-state index is 12.5. The van der Waals surface area contributed by atoms with Gasteiger partial charge in [-0.05, 0) is 42.8 Å². The molecule has 128 valence electrons. The summed E-state index contributed by atoms with van der Waals surface area (Å²) in [6.45, 7) is 1.35. The molecule has 1 amide bonds. The standard InChI is InChI=1S/C18H16N2O3S2/c1-12(10-19)25(22,23)14-8-6-13(7-9-14)20-18(21)16-11-24-17-5-3-2-4-15(16)17/h2-9,12,16H,11H2,1H3,(H,20,21)/t12-,16+/m0/s1. The van der Waals surface area contributed by atoms with Crippen LogP contribution in [-0.4, -0.2) is 25.3 Å². The molecule has 0 aromatic heterocycles. The number of hydrogen-bond donors (Lipinski definition) is 1. The van der Waals surface area contributed by atoms with Gasteiger partial charge in [-0.15, -0.1) is 11.8 Å². The van der Waals surface area contributed by atoms with Crippen molar-refractivity contribution in [2.24, 2.45) is 0 Å². The molecule has 3 rings (SSSR count). The summed E-state index contributed by atoms with van der Waals surface area (Å²) in [4.78, 5) is 13.7. The number of rotatable bonds is 4. The third kappa shape index (κ3) is 3.41. The quantitative estimate of drug-likeness (QED) is 0.890. The number of nitrogens with one attached hydrogen (secondary N) is 1. The molecule has 5 nitrogen and oxygen atoms in total. The van der Waals surface area contributed by atoms with Gasteiger partial charge in [0.15, 0.2) is 9.84 Å². The lowest BCUT2D eigenvalue weighted by Gasteiger charge is -2.12. The minimum Gasteiger partial charge on any atom is -0.326 e. The second-order valence-corrected chi connectivity index (χ2v) is 9.06. The number of carbonyl (C=O) groups is 1. The third-order valence-electron chi connectivity index (χ3n) is 4.11. The molecule has 1 aliphatic heterocycles.